The van der Waals surface area contributed by atoms with Crippen LogP contribution in [0.2, 0.25) is 0 Å². The summed E-state index contributed by atoms with van der Waals surface area (Å²) in [4.78, 5) is 25.6. The molecule has 4 nitrogen and oxygen atoms in total. The second kappa shape index (κ2) is 6.48. The summed E-state index contributed by atoms with van der Waals surface area (Å²) >= 11 is 0. The largest absolute Gasteiger partial charge is 0.366 e. The van der Waals surface area contributed by atoms with Gasteiger partial charge in [0, 0.05) is 25.1 Å². The molecule has 1 aliphatic rings. The van der Waals surface area contributed by atoms with Crippen LogP contribution in [0, 0.1) is 12.8 Å². The Kier molecular flexibility index (Phi) is 4.38. The lowest BCUT2D eigenvalue weighted by molar-refractivity contribution is -0.131. The second-order valence-electron chi connectivity index (χ2n) is 6.62. The van der Waals surface area contributed by atoms with E-state index in [-0.39, 0.29) is 11.8 Å². The molecule has 2 atom stereocenters. The highest BCUT2D eigenvalue weighted by molar-refractivity contribution is 5.92. The van der Waals surface area contributed by atoms with Gasteiger partial charge in [-0.1, -0.05) is 42.0 Å². The highest BCUT2D eigenvalue weighted by Gasteiger charge is 2.45. The smallest absolute Gasteiger partial charge is 0.248 e. The van der Waals surface area contributed by atoms with Gasteiger partial charge in [0.1, 0.15) is 0 Å². The Morgan fingerprint density at radius 2 is 1.92 bits per heavy atom. The third-order valence-corrected chi connectivity index (χ3v) is 4.59. The lowest BCUT2D eigenvalue weighted by Crippen LogP contribution is -2.28. The van der Waals surface area contributed by atoms with Gasteiger partial charge in [-0.05, 0) is 42.5 Å². The number of nitrogens with zero attached hydrogens (tertiary/aromatic N) is 1. The summed E-state index contributed by atoms with van der Waals surface area (Å²) in [7, 11) is 1.81. The fourth-order valence-electron chi connectivity index (χ4n) is 3.19. The first-order valence-corrected chi connectivity index (χ1v) is 8.16. The van der Waals surface area contributed by atoms with Gasteiger partial charge in [-0.2, -0.15) is 0 Å². The number of hydrogen-bond acceptors (Lipinski definition) is 2. The van der Waals surface area contributed by atoms with Gasteiger partial charge >= 0.3 is 0 Å². The van der Waals surface area contributed by atoms with Crippen molar-refractivity contribution in [1.82, 2.24) is 4.90 Å². The summed E-state index contributed by atoms with van der Waals surface area (Å²) in [5, 5.41) is 0. The zero-order chi connectivity index (χ0) is 17.3. The normalized spacial score (nSPS) is 18.9. The molecule has 2 aromatic carbocycles. The van der Waals surface area contributed by atoms with Gasteiger partial charge in [-0.25, -0.2) is 0 Å². The van der Waals surface area contributed by atoms with Crippen molar-refractivity contribution < 1.29 is 9.59 Å². The van der Waals surface area contributed by atoms with Crippen molar-refractivity contribution >= 4 is 11.8 Å². The zero-order valence-corrected chi connectivity index (χ0v) is 14.0. The van der Waals surface area contributed by atoms with Crippen LogP contribution in [-0.2, 0) is 11.3 Å². The molecule has 0 heterocycles. The molecule has 124 valence electrons. The summed E-state index contributed by atoms with van der Waals surface area (Å²) < 4.78 is 0. The SMILES string of the molecule is Cc1cccc([C@H]2C[C@@H]2C(=O)N(C)Cc2cccc(C(N)=O)c2)c1. The van der Waals surface area contributed by atoms with Gasteiger partial charge in [-0.3, -0.25) is 9.59 Å². The third-order valence-electron chi connectivity index (χ3n) is 4.59. The first-order chi connectivity index (χ1) is 11.5. The molecule has 0 aliphatic heterocycles. The van der Waals surface area contributed by atoms with E-state index in [1.165, 1.54) is 11.1 Å². The standard InChI is InChI=1S/C20H22N2O2/c1-13-5-3-7-15(9-13)17-11-18(17)20(24)22(2)12-14-6-4-8-16(10-14)19(21)23/h3-10,17-18H,11-12H2,1-2H3,(H2,21,23)/t17-,18+/m1/s1. The van der Waals surface area contributed by atoms with E-state index in [4.69, 9.17) is 5.73 Å². The average Bonchev–Trinajstić information content (AvgIpc) is 3.35. The van der Waals surface area contributed by atoms with Crippen molar-refractivity contribution in [3.8, 4) is 0 Å². The molecule has 0 aromatic heterocycles. The molecule has 2 aromatic rings. The molecular weight excluding hydrogens is 300 g/mol. The molecule has 3 rings (SSSR count). The molecule has 0 saturated heterocycles. The molecule has 0 bridgehead atoms. The van der Waals surface area contributed by atoms with Crippen LogP contribution in [0.1, 0.15) is 39.4 Å². The fourth-order valence-corrected chi connectivity index (χ4v) is 3.19. The number of primary amides is 1. The van der Waals surface area contributed by atoms with Crippen LogP contribution in [0.15, 0.2) is 48.5 Å². The minimum atomic E-state index is -0.451. The van der Waals surface area contributed by atoms with Gasteiger partial charge in [-0.15, -0.1) is 0 Å². The molecule has 24 heavy (non-hydrogen) atoms. The summed E-state index contributed by atoms with van der Waals surface area (Å²) in [6.07, 6.45) is 0.911. The Bertz CT molecular complexity index is 785. The monoisotopic (exact) mass is 322 g/mol. The van der Waals surface area contributed by atoms with E-state index < -0.39 is 5.91 Å². The molecule has 0 radical (unpaired) electrons. The Balaban J connectivity index is 1.64. The van der Waals surface area contributed by atoms with Crippen LogP contribution < -0.4 is 5.73 Å². The molecule has 1 aliphatic carbocycles. The molecule has 4 heteroatoms. The number of aryl methyl sites for hydroxylation is 1. The minimum Gasteiger partial charge on any atom is -0.366 e. The third kappa shape index (κ3) is 3.48. The summed E-state index contributed by atoms with van der Waals surface area (Å²) in [6, 6.07) is 15.5. The quantitative estimate of drug-likeness (QED) is 0.920. The summed E-state index contributed by atoms with van der Waals surface area (Å²) in [5.41, 5.74) is 9.16. The maximum atomic E-state index is 12.6. The van der Waals surface area contributed by atoms with Gasteiger partial charge in [0.2, 0.25) is 11.8 Å². The molecule has 1 saturated carbocycles. The van der Waals surface area contributed by atoms with Gasteiger partial charge in [0.25, 0.3) is 0 Å². The van der Waals surface area contributed by atoms with E-state index in [0.29, 0.717) is 18.0 Å². The molecule has 0 unspecified atom stereocenters. The number of rotatable bonds is 5. The summed E-state index contributed by atoms with van der Waals surface area (Å²) in [5.74, 6) is 0.103. The lowest BCUT2D eigenvalue weighted by Gasteiger charge is -2.18. The van der Waals surface area contributed by atoms with Crippen LogP contribution in [0.3, 0.4) is 0 Å². The van der Waals surface area contributed by atoms with E-state index in [0.717, 1.165) is 12.0 Å². The molecular formula is C20H22N2O2. The van der Waals surface area contributed by atoms with Crippen LogP contribution in [0.5, 0.6) is 0 Å². The van der Waals surface area contributed by atoms with Crippen molar-refractivity contribution in [3.05, 3.63) is 70.8 Å². The van der Waals surface area contributed by atoms with Crippen molar-refractivity contribution in [2.75, 3.05) is 7.05 Å². The Hall–Kier alpha value is -2.62. The number of carbonyl (C=O) groups is 2. The molecule has 1 fully saturated rings. The van der Waals surface area contributed by atoms with Crippen LogP contribution in [0.25, 0.3) is 0 Å². The van der Waals surface area contributed by atoms with Crippen molar-refractivity contribution in [3.63, 3.8) is 0 Å². The van der Waals surface area contributed by atoms with Crippen LogP contribution in [0.4, 0.5) is 0 Å². The highest BCUT2D eigenvalue weighted by atomic mass is 16.2. The summed E-state index contributed by atoms with van der Waals surface area (Å²) in [6.45, 7) is 2.55. The maximum Gasteiger partial charge on any atom is 0.248 e. The van der Waals surface area contributed by atoms with Crippen molar-refractivity contribution in [2.24, 2.45) is 11.7 Å². The first-order valence-electron chi connectivity index (χ1n) is 8.16. The van der Waals surface area contributed by atoms with Crippen LogP contribution in [-0.4, -0.2) is 23.8 Å². The topological polar surface area (TPSA) is 63.4 Å². The van der Waals surface area contributed by atoms with E-state index in [2.05, 4.69) is 25.1 Å². The molecule has 2 amide bonds. The highest BCUT2D eigenvalue weighted by Crippen LogP contribution is 2.48. The Morgan fingerprint density at radius 1 is 1.17 bits per heavy atom. The number of benzene rings is 2. The van der Waals surface area contributed by atoms with Gasteiger partial charge in [0.15, 0.2) is 0 Å². The number of hydrogen-bond donors (Lipinski definition) is 1. The number of carbonyl (C=O) groups excluding carboxylic acids is 2. The number of amides is 2. The Labute approximate surface area is 142 Å². The van der Waals surface area contributed by atoms with E-state index in [9.17, 15) is 9.59 Å². The first kappa shape index (κ1) is 16.2. The zero-order valence-electron chi connectivity index (χ0n) is 14.0. The van der Waals surface area contributed by atoms with Crippen LogP contribution >= 0.6 is 0 Å². The fraction of sp³-hybridized carbons (Fsp3) is 0.300. The Morgan fingerprint density at radius 3 is 2.62 bits per heavy atom. The van der Waals surface area contributed by atoms with E-state index in [1.54, 1.807) is 23.1 Å². The molecule has 2 N–H and O–H groups in total. The second-order valence-corrected chi connectivity index (χ2v) is 6.62. The number of nitrogens with two attached hydrogens (primary N) is 1. The van der Waals surface area contributed by atoms with Crippen molar-refractivity contribution in [2.45, 2.75) is 25.8 Å². The van der Waals surface area contributed by atoms with Gasteiger partial charge in [0.05, 0.1) is 0 Å². The minimum absolute atomic E-state index is 0.0659. The van der Waals surface area contributed by atoms with E-state index >= 15 is 0 Å². The predicted octanol–water partition coefficient (Wildman–Crippen LogP) is 2.86. The van der Waals surface area contributed by atoms with Gasteiger partial charge < -0.3 is 10.6 Å². The van der Waals surface area contributed by atoms with Crippen molar-refractivity contribution in [1.29, 1.82) is 0 Å². The maximum absolute atomic E-state index is 12.6. The molecule has 0 spiro atoms. The lowest BCUT2D eigenvalue weighted by atomic mass is 10.1. The predicted molar refractivity (Wildman–Crippen MR) is 93.5 cm³/mol. The average molecular weight is 322 g/mol. The van der Waals surface area contributed by atoms with E-state index in [1.807, 2.05) is 19.2 Å².